The normalized spacial score (nSPS) is 11.6. The van der Waals surface area contributed by atoms with Gasteiger partial charge in [-0.05, 0) is 36.0 Å². The van der Waals surface area contributed by atoms with Crippen molar-refractivity contribution in [2.45, 2.75) is 9.79 Å². The van der Waals surface area contributed by atoms with Crippen LogP contribution in [0.2, 0.25) is 0 Å². The van der Waals surface area contributed by atoms with Crippen LogP contribution in [0.5, 0.6) is 0 Å². The van der Waals surface area contributed by atoms with Crippen LogP contribution in [-0.2, 0) is 14.6 Å². The number of carbonyl (C=O) groups excluding carboxylic acids is 1. The Morgan fingerprint density at radius 2 is 1.45 bits per heavy atom. The third kappa shape index (κ3) is 4.08. The summed E-state index contributed by atoms with van der Waals surface area (Å²) in [5.74, 6) is 0. The van der Waals surface area contributed by atoms with Crippen molar-refractivity contribution < 1.29 is 13.2 Å². The minimum absolute atomic E-state index is 0.175. The van der Waals surface area contributed by atoms with Crippen molar-refractivity contribution in [3.05, 3.63) is 72.1 Å². The Labute approximate surface area is 122 Å². The molecule has 0 bridgehead atoms. The largest absolute Gasteiger partial charge is 0.282 e. The van der Waals surface area contributed by atoms with Gasteiger partial charge in [-0.3, -0.25) is 4.79 Å². The fourth-order valence-corrected chi connectivity index (χ4v) is 3.22. The van der Waals surface area contributed by atoms with Crippen LogP contribution in [-0.4, -0.2) is 13.5 Å². The van der Waals surface area contributed by atoms with Crippen molar-refractivity contribution in [2.75, 3.05) is 0 Å². The predicted octanol–water partition coefficient (Wildman–Crippen LogP) is 3.29. The molecule has 0 aliphatic heterocycles. The molecular weight excluding hydrogens is 292 g/mol. The Morgan fingerprint density at radius 1 is 0.900 bits per heavy atom. The lowest BCUT2D eigenvalue weighted by Crippen LogP contribution is -1.97. The molecule has 2 aromatic rings. The van der Waals surface area contributed by atoms with Crippen molar-refractivity contribution in [1.29, 1.82) is 0 Å². The van der Waals surface area contributed by atoms with E-state index in [1.165, 1.54) is 12.1 Å². The van der Waals surface area contributed by atoms with E-state index in [0.29, 0.717) is 0 Å². The predicted molar refractivity (Wildman–Crippen MR) is 80.1 cm³/mol. The molecule has 0 aliphatic rings. The summed E-state index contributed by atoms with van der Waals surface area (Å²) in [5.41, 5.74) is 0. The number of carbonyl (C=O) groups is 1. The molecule has 2 aromatic carbocycles. The molecule has 102 valence electrons. The topological polar surface area (TPSA) is 51.2 Å². The summed E-state index contributed by atoms with van der Waals surface area (Å²) < 4.78 is 23.9. The molecule has 0 heterocycles. The van der Waals surface area contributed by atoms with Crippen LogP contribution < -0.4 is 0 Å². The quantitative estimate of drug-likeness (QED) is 0.642. The molecule has 0 saturated carbocycles. The number of thioether (sulfide) groups is 1. The zero-order chi connectivity index (χ0) is 14.4. The lowest BCUT2D eigenvalue weighted by Gasteiger charge is -1.98. The zero-order valence-electron chi connectivity index (χ0n) is 10.5. The average Bonchev–Trinajstić information content (AvgIpc) is 2.47. The van der Waals surface area contributed by atoms with Gasteiger partial charge in [0.2, 0.25) is 5.12 Å². The van der Waals surface area contributed by atoms with E-state index in [4.69, 9.17) is 0 Å². The van der Waals surface area contributed by atoms with Crippen LogP contribution in [0.4, 0.5) is 0 Å². The van der Waals surface area contributed by atoms with E-state index in [9.17, 15) is 13.2 Å². The summed E-state index contributed by atoms with van der Waals surface area (Å²) in [6.45, 7) is 0. The monoisotopic (exact) mass is 304 g/mol. The summed E-state index contributed by atoms with van der Waals surface area (Å²) in [5, 5.41) is 0.622. The van der Waals surface area contributed by atoms with Gasteiger partial charge in [0, 0.05) is 16.4 Å². The molecule has 0 saturated heterocycles. The molecule has 0 aliphatic carbocycles. The Kier molecular flexibility index (Phi) is 4.76. The third-order valence-corrected chi connectivity index (χ3v) is 4.69. The van der Waals surface area contributed by atoms with Gasteiger partial charge in [0.25, 0.3) is 0 Å². The lowest BCUT2D eigenvalue weighted by atomic mass is 10.4. The summed E-state index contributed by atoms with van der Waals surface area (Å²) in [6.07, 6.45) is 1.08. The standard InChI is InChI=1S/C15H12O3S2/c16-15(19-13-7-3-1-4-8-13)11-12-20(17,18)14-9-5-2-6-10-14/h1-12H/b12-11+. The van der Waals surface area contributed by atoms with Crippen molar-refractivity contribution in [3.63, 3.8) is 0 Å². The number of benzene rings is 2. The zero-order valence-corrected chi connectivity index (χ0v) is 12.1. The Hall–Kier alpha value is -1.85. The molecule has 0 atom stereocenters. The SMILES string of the molecule is O=C(/C=C/S(=O)(=O)c1ccccc1)Sc1ccccc1. The van der Waals surface area contributed by atoms with Gasteiger partial charge in [-0.15, -0.1) is 0 Å². The summed E-state index contributed by atoms with van der Waals surface area (Å²) in [6, 6.07) is 17.1. The van der Waals surface area contributed by atoms with Gasteiger partial charge in [0.05, 0.1) is 4.90 Å². The smallest absolute Gasteiger partial charge is 0.217 e. The Balaban J connectivity index is 2.08. The molecule has 2 rings (SSSR count). The maximum absolute atomic E-state index is 11.9. The van der Waals surface area contributed by atoms with Crippen LogP contribution in [0.15, 0.2) is 81.9 Å². The first-order chi connectivity index (χ1) is 9.58. The molecule has 0 aromatic heterocycles. The molecule has 5 heteroatoms. The van der Waals surface area contributed by atoms with E-state index >= 15 is 0 Å². The maximum atomic E-state index is 11.9. The van der Waals surface area contributed by atoms with E-state index in [0.717, 1.165) is 28.1 Å². The first kappa shape index (κ1) is 14.6. The minimum Gasteiger partial charge on any atom is -0.282 e. The maximum Gasteiger partial charge on any atom is 0.217 e. The van der Waals surface area contributed by atoms with Gasteiger partial charge in [0.1, 0.15) is 0 Å². The Bertz CT molecular complexity index is 705. The molecule has 3 nitrogen and oxygen atoms in total. The molecule has 0 fully saturated rings. The highest BCUT2D eigenvalue weighted by Gasteiger charge is 2.10. The van der Waals surface area contributed by atoms with E-state index in [-0.39, 0.29) is 10.0 Å². The molecule has 0 unspecified atom stereocenters. The van der Waals surface area contributed by atoms with E-state index in [2.05, 4.69) is 0 Å². The number of hydrogen-bond donors (Lipinski definition) is 0. The molecule has 0 radical (unpaired) electrons. The molecule has 20 heavy (non-hydrogen) atoms. The van der Waals surface area contributed by atoms with E-state index in [1.54, 1.807) is 30.3 Å². The lowest BCUT2D eigenvalue weighted by molar-refractivity contribution is -0.107. The summed E-state index contributed by atoms with van der Waals surface area (Å²) in [7, 11) is -3.56. The van der Waals surface area contributed by atoms with Crippen molar-refractivity contribution in [2.24, 2.45) is 0 Å². The van der Waals surface area contributed by atoms with Crippen LogP contribution in [0.3, 0.4) is 0 Å². The van der Waals surface area contributed by atoms with Gasteiger partial charge in [0.15, 0.2) is 9.84 Å². The van der Waals surface area contributed by atoms with Gasteiger partial charge in [-0.2, -0.15) is 0 Å². The van der Waals surface area contributed by atoms with Gasteiger partial charge in [-0.25, -0.2) is 8.42 Å². The molecule has 0 amide bonds. The van der Waals surface area contributed by atoms with Crippen LogP contribution in [0.25, 0.3) is 0 Å². The number of sulfone groups is 1. The highest BCUT2D eigenvalue weighted by molar-refractivity contribution is 8.14. The molecular formula is C15H12O3S2. The van der Waals surface area contributed by atoms with Gasteiger partial charge < -0.3 is 0 Å². The highest BCUT2D eigenvalue weighted by atomic mass is 32.2. The van der Waals surface area contributed by atoms with Gasteiger partial charge in [-0.1, -0.05) is 36.4 Å². The van der Waals surface area contributed by atoms with E-state index < -0.39 is 9.84 Å². The van der Waals surface area contributed by atoms with E-state index in [1.807, 2.05) is 18.2 Å². The van der Waals surface area contributed by atoms with Crippen molar-refractivity contribution in [1.82, 2.24) is 0 Å². The van der Waals surface area contributed by atoms with Crippen molar-refractivity contribution in [3.8, 4) is 0 Å². The molecule has 0 N–H and O–H groups in total. The van der Waals surface area contributed by atoms with Crippen LogP contribution in [0.1, 0.15) is 0 Å². The summed E-state index contributed by atoms with van der Waals surface area (Å²) >= 11 is 0.989. The highest BCUT2D eigenvalue weighted by Crippen LogP contribution is 2.19. The third-order valence-electron chi connectivity index (χ3n) is 2.42. The fourth-order valence-electron chi connectivity index (χ4n) is 1.47. The van der Waals surface area contributed by atoms with Crippen LogP contribution in [0, 0.1) is 0 Å². The van der Waals surface area contributed by atoms with Crippen LogP contribution >= 0.6 is 11.8 Å². The minimum atomic E-state index is -3.56. The second-order valence-corrected chi connectivity index (χ2v) is 6.81. The number of hydrogen-bond acceptors (Lipinski definition) is 4. The van der Waals surface area contributed by atoms with Gasteiger partial charge >= 0.3 is 0 Å². The average molecular weight is 304 g/mol. The summed E-state index contributed by atoms with van der Waals surface area (Å²) in [4.78, 5) is 12.7. The first-order valence-electron chi connectivity index (χ1n) is 5.83. The Morgan fingerprint density at radius 3 is 2.05 bits per heavy atom. The number of rotatable bonds is 4. The first-order valence-corrected chi connectivity index (χ1v) is 8.19. The molecule has 0 spiro atoms. The second-order valence-electron chi connectivity index (χ2n) is 3.89. The second kappa shape index (κ2) is 6.54. The fraction of sp³-hybridized carbons (Fsp3) is 0. The van der Waals surface area contributed by atoms with Crippen molar-refractivity contribution >= 4 is 26.7 Å².